The van der Waals surface area contributed by atoms with Crippen molar-refractivity contribution in [3.63, 3.8) is 0 Å². The SMILES string of the molecule is NC1=N[C@@](O)(/C=C/CNC(=O)c2cc(Br)c(Br)[nH]2)C(=NCCS(=O)(=O)O)N1. The molecule has 1 aliphatic heterocycles. The first kappa shape index (κ1) is 21.6. The molecule has 0 radical (unpaired) electrons. The molecule has 1 aliphatic rings. The largest absolute Gasteiger partial charge is 0.370 e. The maximum atomic E-state index is 12.0. The number of hydrogen-bond acceptors (Lipinski definition) is 7. The van der Waals surface area contributed by atoms with Crippen molar-refractivity contribution in [3.8, 4) is 0 Å². The Morgan fingerprint density at radius 3 is 2.78 bits per heavy atom. The first-order valence-electron chi connectivity index (χ1n) is 7.35. The molecule has 11 nitrogen and oxygen atoms in total. The van der Waals surface area contributed by atoms with Crippen LogP contribution in [0.25, 0.3) is 0 Å². The Bertz CT molecular complexity index is 906. The summed E-state index contributed by atoms with van der Waals surface area (Å²) in [5.41, 5.74) is 3.92. The summed E-state index contributed by atoms with van der Waals surface area (Å²) in [7, 11) is -4.19. The number of halogens is 2. The number of nitrogens with one attached hydrogen (secondary N) is 3. The van der Waals surface area contributed by atoms with Crippen LogP contribution in [-0.2, 0) is 10.1 Å². The number of nitrogens with zero attached hydrogens (tertiary/aromatic N) is 2. The van der Waals surface area contributed by atoms with Crippen molar-refractivity contribution in [2.75, 3.05) is 18.8 Å². The summed E-state index contributed by atoms with van der Waals surface area (Å²) in [6, 6.07) is 1.60. The van der Waals surface area contributed by atoms with Crippen molar-refractivity contribution in [3.05, 3.63) is 33.0 Å². The molecule has 0 saturated carbocycles. The second kappa shape index (κ2) is 8.52. The third kappa shape index (κ3) is 6.14. The Morgan fingerprint density at radius 1 is 1.48 bits per heavy atom. The Morgan fingerprint density at radius 2 is 2.19 bits per heavy atom. The van der Waals surface area contributed by atoms with E-state index in [1.54, 1.807) is 6.07 Å². The second-order valence-electron chi connectivity index (χ2n) is 5.32. The smallest absolute Gasteiger partial charge is 0.268 e. The molecule has 0 aliphatic carbocycles. The van der Waals surface area contributed by atoms with Gasteiger partial charge in [0.2, 0.25) is 5.72 Å². The minimum Gasteiger partial charge on any atom is -0.370 e. The topological polar surface area (TPSA) is 182 Å². The minimum absolute atomic E-state index is 0.0725. The Kier molecular flexibility index (Phi) is 6.80. The third-order valence-corrected chi connectivity index (χ3v) is 5.69. The number of H-pyrrole nitrogens is 1. The van der Waals surface area contributed by atoms with Crippen LogP contribution in [0.3, 0.4) is 0 Å². The average Bonchev–Trinajstić information content (AvgIpc) is 3.02. The number of rotatable bonds is 7. The molecule has 2 heterocycles. The van der Waals surface area contributed by atoms with Gasteiger partial charge in [0.1, 0.15) is 5.69 Å². The van der Waals surface area contributed by atoms with Gasteiger partial charge in [-0.25, -0.2) is 4.99 Å². The van der Waals surface area contributed by atoms with E-state index in [-0.39, 0.29) is 30.8 Å². The van der Waals surface area contributed by atoms with E-state index in [4.69, 9.17) is 10.3 Å². The summed E-state index contributed by atoms with van der Waals surface area (Å²) >= 11 is 6.49. The van der Waals surface area contributed by atoms with E-state index in [1.165, 1.54) is 12.2 Å². The molecule has 1 aromatic rings. The van der Waals surface area contributed by atoms with Gasteiger partial charge in [-0.05, 0) is 44.0 Å². The fraction of sp³-hybridized carbons (Fsp3) is 0.308. The van der Waals surface area contributed by atoms with Crippen LogP contribution in [0, 0.1) is 0 Å². The Labute approximate surface area is 171 Å². The highest BCUT2D eigenvalue weighted by Gasteiger charge is 2.36. The van der Waals surface area contributed by atoms with Crippen molar-refractivity contribution in [2.24, 2.45) is 15.7 Å². The molecule has 0 bridgehead atoms. The zero-order valence-electron chi connectivity index (χ0n) is 13.6. The molecule has 0 saturated heterocycles. The molecular formula is C13H16Br2N6O5S. The summed E-state index contributed by atoms with van der Waals surface area (Å²) in [5.74, 6) is -1.19. The van der Waals surface area contributed by atoms with E-state index in [1.807, 2.05) is 0 Å². The van der Waals surface area contributed by atoms with Crippen molar-refractivity contribution >= 4 is 59.7 Å². The van der Waals surface area contributed by atoms with Crippen LogP contribution < -0.4 is 16.4 Å². The minimum atomic E-state index is -4.19. The zero-order valence-corrected chi connectivity index (χ0v) is 17.6. The van der Waals surface area contributed by atoms with Gasteiger partial charge in [-0.15, -0.1) is 0 Å². The summed E-state index contributed by atoms with van der Waals surface area (Å²) in [4.78, 5) is 22.5. The maximum Gasteiger partial charge on any atom is 0.268 e. The van der Waals surface area contributed by atoms with Crippen molar-refractivity contribution in [1.29, 1.82) is 0 Å². The fourth-order valence-corrected chi connectivity index (χ4v) is 3.00. The molecule has 1 amide bonds. The molecule has 14 heteroatoms. The summed E-state index contributed by atoms with van der Waals surface area (Å²) in [6.07, 6.45) is 2.68. The Hall–Kier alpha value is -1.74. The van der Waals surface area contributed by atoms with Crippen LogP contribution >= 0.6 is 31.9 Å². The fourth-order valence-electron chi connectivity index (χ4n) is 2.02. The van der Waals surface area contributed by atoms with Gasteiger partial charge < -0.3 is 26.5 Å². The number of carbonyl (C=O) groups is 1. The standard InChI is InChI=1S/C13H16Br2N6O5S/c14-7-6-8(19-9(7)15)10(22)17-3-1-2-13(23)11(20-12(16)21-13)18-4-5-27(24,25)26/h1-2,6,19,23H,3-5H2,(H,17,22)(H,24,25,26)(H3,16,18,20,21)/b2-1+/t13-/m1/s1. The predicted octanol–water partition coefficient (Wildman–Crippen LogP) is -0.282. The molecule has 0 aromatic carbocycles. The molecule has 1 atom stereocenters. The van der Waals surface area contributed by atoms with Crippen LogP contribution in [0.1, 0.15) is 10.5 Å². The van der Waals surface area contributed by atoms with Gasteiger partial charge in [-0.3, -0.25) is 14.3 Å². The highest BCUT2D eigenvalue weighted by Crippen LogP contribution is 2.23. The number of aromatic nitrogens is 1. The summed E-state index contributed by atoms with van der Waals surface area (Å²) < 4.78 is 31.5. The maximum absolute atomic E-state index is 12.0. The number of amidine groups is 1. The van der Waals surface area contributed by atoms with Gasteiger partial charge >= 0.3 is 0 Å². The molecule has 0 unspecified atom stereocenters. The number of aliphatic hydroxyl groups is 1. The number of hydrogen-bond donors (Lipinski definition) is 6. The van der Waals surface area contributed by atoms with E-state index in [0.717, 1.165) is 0 Å². The quantitative estimate of drug-likeness (QED) is 0.208. The average molecular weight is 528 g/mol. The van der Waals surface area contributed by atoms with E-state index in [0.29, 0.717) is 14.8 Å². The number of amides is 1. The highest BCUT2D eigenvalue weighted by molar-refractivity contribution is 9.13. The molecule has 0 spiro atoms. The van der Waals surface area contributed by atoms with E-state index < -0.39 is 21.6 Å². The van der Waals surface area contributed by atoms with Crippen molar-refractivity contribution in [1.82, 2.24) is 15.6 Å². The lowest BCUT2D eigenvalue weighted by molar-refractivity contribution is 0.0953. The highest BCUT2D eigenvalue weighted by atomic mass is 79.9. The number of aliphatic imine (C=N–C) groups is 2. The summed E-state index contributed by atoms with van der Waals surface area (Å²) in [5, 5.41) is 15.6. The number of guanidine groups is 1. The lowest BCUT2D eigenvalue weighted by Crippen LogP contribution is -2.40. The van der Waals surface area contributed by atoms with Crippen LogP contribution in [0.5, 0.6) is 0 Å². The number of aromatic amines is 1. The van der Waals surface area contributed by atoms with Crippen LogP contribution in [-0.4, -0.2) is 65.3 Å². The van der Waals surface area contributed by atoms with Gasteiger partial charge in [0.05, 0.1) is 21.4 Å². The number of nitrogens with two attached hydrogens (primary N) is 1. The molecule has 27 heavy (non-hydrogen) atoms. The molecule has 7 N–H and O–H groups in total. The first-order valence-corrected chi connectivity index (χ1v) is 10.5. The molecular weight excluding hydrogens is 512 g/mol. The van der Waals surface area contributed by atoms with Gasteiger partial charge in [-0.1, -0.05) is 6.08 Å². The van der Waals surface area contributed by atoms with Gasteiger partial charge in [0.25, 0.3) is 16.0 Å². The lowest BCUT2D eigenvalue weighted by atomic mass is 10.2. The monoisotopic (exact) mass is 526 g/mol. The van der Waals surface area contributed by atoms with Crippen LogP contribution in [0.4, 0.5) is 0 Å². The molecule has 148 valence electrons. The third-order valence-electron chi connectivity index (χ3n) is 3.21. The second-order valence-corrected chi connectivity index (χ2v) is 8.54. The molecule has 1 aromatic heterocycles. The molecule has 2 rings (SSSR count). The van der Waals surface area contributed by atoms with Gasteiger partial charge in [0, 0.05) is 6.54 Å². The van der Waals surface area contributed by atoms with Crippen molar-refractivity contribution in [2.45, 2.75) is 5.72 Å². The zero-order chi connectivity index (χ0) is 20.2. The Balaban J connectivity index is 1.98. The first-order chi connectivity index (χ1) is 12.5. The summed E-state index contributed by atoms with van der Waals surface area (Å²) in [6.45, 7) is -0.226. The predicted molar refractivity (Wildman–Crippen MR) is 106 cm³/mol. The lowest BCUT2D eigenvalue weighted by Gasteiger charge is -2.15. The van der Waals surface area contributed by atoms with Crippen LogP contribution in [0.2, 0.25) is 0 Å². The van der Waals surface area contributed by atoms with E-state index in [9.17, 15) is 18.3 Å². The van der Waals surface area contributed by atoms with Crippen LogP contribution in [0.15, 0.2) is 37.3 Å². The normalized spacial score (nSPS) is 21.5. The van der Waals surface area contributed by atoms with E-state index >= 15 is 0 Å². The van der Waals surface area contributed by atoms with Gasteiger partial charge in [0.15, 0.2) is 11.8 Å². The number of carbonyl (C=O) groups excluding carboxylic acids is 1. The van der Waals surface area contributed by atoms with E-state index in [2.05, 4.69) is 57.5 Å². The van der Waals surface area contributed by atoms with Gasteiger partial charge in [-0.2, -0.15) is 8.42 Å². The van der Waals surface area contributed by atoms with Crippen molar-refractivity contribution < 1.29 is 22.9 Å². The molecule has 0 fully saturated rings.